The Labute approximate surface area is 280 Å². The number of hydrogen-bond donors (Lipinski definition) is 3. The molecular weight excluding hydrogens is 589 g/mol. The number of allylic oxidation sites excluding steroid dienone is 1. The molecule has 3 aromatic rings. The van der Waals surface area contributed by atoms with Crippen molar-refractivity contribution in [1.82, 2.24) is 14.5 Å². The third kappa shape index (κ3) is 9.55. The zero-order chi connectivity index (χ0) is 32.3. The summed E-state index contributed by atoms with van der Waals surface area (Å²) in [6.45, 7) is 10.4. The molecule has 0 aromatic heterocycles. The number of ether oxygens (including phenoxy) is 1. The lowest BCUT2D eigenvalue weighted by Gasteiger charge is -2.37. The van der Waals surface area contributed by atoms with Gasteiger partial charge in [-0.25, -0.2) is 0 Å². The molecule has 1 unspecified atom stereocenters. The summed E-state index contributed by atoms with van der Waals surface area (Å²) < 4.78 is 9.09. The third-order valence-electron chi connectivity index (χ3n) is 8.83. The van der Waals surface area contributed by atoms with E-state index in [0.717, 1.165) is 87.5 Å². The largest absolute Gasteiger partial charge is 0.384 e. The zero-order valence-corrected chi connectivity index (χ0v) is 28.5. The van der Waals surface area contributed by atoms with Crippen LogP contribution in [0.2, 0.25) is 0 Å². The fourth-order valence-corrected chi connectivity index (χ4v) is 6.88. The van der Waals surface area contributed by atoms with Crippen molar-refractivity contribution >= 4 is 34.9 Å². The van der Waals surface area contributed by atoms with Crippen molar-refractivity contribution < 1.29 is 4.74 Å². The maximum absolute atomic E-state index is 7.94. The average molecular weight is 639 g/mol. The van der Waals surface area contributed by atoms with Gasteiger partial charge in [-0.15, -0.1) is 0 Å². The molecule has 2 fully saturated rings. The van der Waals surface area contributed by atoms with Crippen molar-refractivity contribution in [1.29, 1.82) is 5.41 Å². The Morgan fingerprint density at radius 1 is 1.00 bits per heavy atom. The van der Waals surface area contributed by atoms with E-state index in [-0.39, 0.29) is 11.9 Å². The van der Waals surface area contributed by atoms with Crippen molar-refractivity contribution in [2.75, 3.05) is 46.4 Å². The van der Waals surface area contributed by atoms with E-state index in [1.165, 1.54) is 34.6 Å². The fraction of sp³-hybridized carbons (Fsp3) is 0.421. The van der Waals surface area contributed by atoms with Crippen LogP contribution in [-0.2, 0) is 17.6 Å². The van der Waals surface area contributed by atoms with Gasteiger partial charge in [0.15, 0.2) is 0 Å². The number of nitrogens with zero attached hydrogens (tertiary/aromatic N) is 3. The van der Waals surface area contributed by atoms with E-state index >= 15 is 0 Å². The molecule has 0 amide bonds. The molecule has 1 saturated heterocycles. The van der Waals surface area contributed by atoms with E-state index in [1.807, 2.05) is 18.2 Å². The molecular formula is C38H50N6OS. The first kappa shape index (κ1) is 33.9. The zero-order valence-electron chi connectivity index (χ0n) is 27.7. The van der Waals surface area contributed by atoms with Crippen LogP contribution in [-0.4, -0.2) is 73.8 Å². The molecule has 3 aromatic carbocycles. The minimum atomic E-state index is -0.0171. The SMILES string of the molecule is CCCCc1ccccc1N=C(C)C(Cc1cccc(C(=N)N)c1)NSc1cccc(C(=C2CC2)N2CCN(CCOC)CC2)c1. The predicted octanol–water partition coefficient (Wildman–Crippen LogP) is 7.08. The molecule has 0 bridgehead atoms. The summed E-state index contributed by atoms with van der Waals surface area (Å²) >= 11 is 1.67. The highest BCUT2D eigenvalue weighted by molar-refractivity contribution is 7.97. The lowest BCUT2D eigenvalue weighted by atomic mass is 10.0. The van der Waals surface area contributed by atoms with Gasteiger partial charge in [0.25, 0.3) is 0 Å². The fourth-order valence-electron chi connectivity index (χ4n) is 6.01. The van der Waals surface area contributed by atoms with Crippen LogP contribution < -0.4 is 10.5 Å². The van der Waals surface area contributed by atoms with Gasteiger partial charge in [-0.1, -0.05) is 61.9 Å². The highest BCUT2D eigenvalue weighted by atomic mass is 32.2. The molecule has 5 rings (SSSR count). The van der Waals surface area contributed by atoms with Gasteiger partial charge in [0.1, 0.15) is 5.84 Å². The van der Waals surface area contributed by atoms with Gasteiger partial charge in [-0.3, -0.25) is 20.0 Å². The van der Waals surface area contributed by atoms with Crippen LogP contribution in [0.3, 0.4) is 0 Å². The maximum atomic E-state index is 7.94. The molecule has 0 radical (unpaired) electrons. The van der Waals surface area contributed by atoms with Gasteiger partial charge in [-0.05, 0) is 97.5 Å². The molecule has 2 aliphatic rings. The van der Waals surface area contributed by atoms with Crippen molar-refractivity contribution in [3.05, 3.63) is 101 Å². The number of hydrogen-bond acceptors (Lipinski definition) is 7. The van der Waals surface area contributed by atoms with Gasteiger partial charge in [0.2, 0.25) is 0 Å². The minimum absolute atomic E-state index is 0.0171. The highest BCUT2D eigenvalue weighted by Crippen LogP contribution is 2.39. The number of methoxy groups -OCH3 is 1. The topological polar surface area (TPSA) is 90.0 Å². The van der Waals surface area contributed by atoms with Gasteiger partial charge in [-0.2, -0.15) is 0 Å². The summed E-state index contributed by atoms with van der Waals surface area (Å²) in [7, 11) is 1.78. The van der Waals surface area contributed by atoms with E-state index in [0.29, 0.717) is 0 Å². The number of nitrogens with one attached hydrogen (secondary N) is 2. The van der Waals surface area contributed by atoms with E-state index < -0.39 is 0 Å². The molecule has 46 heavy (non-hydrogen) atoms. The number of piperazine rings is 1. The van der Waals surface area contributed by atoms with Crippen LogP contribution in [0.25, 0.3) is 5.70 Å². The van der Waals surface area contributed by atoms with E-state index in [9.17, 15) is 0 Å². The normalized spacial score (nSPS) is 16.0. The third-order valence-corrected chi connectivity index (χ3v) is 9.72. The van der Waals surface area contributed by atoms with Crippen molar-refractivity contribution in [2.24, 2.45) is 10.7 Å². The minimum Gasteiger partial charge on any atom is -0.384 e. The molecule has 1 aliphatic carbocycles. The highest BCUT2D eigenvalue weighted by Gasteiger charge is 2.27. The standard InChI is InChI=1S/C38H50N6OS/c1-4-5-11-30-12-6-7-16-35(30)41-28(2)36(26-29-10-8-14-33(25-29)38(39)40)42-46-34-15-9-13-32(27-34)37(31-17-18-31)44-21-19-43(20-22-44)23-24-45-3/h6-10,12-16,25,27,36,42H,4-5,11,17-24,26H2,1-3H3,(H3,39,40). The number of nitrogens with two attached hydrogens (primary N) is 1. The number of unbranched alkanes of at least 4 members (excludes halogenated alkanes) is 1. The van der Waals surface area contributed by atoms with Crippen molar-refractivity contribution in [2.45, 2.75) is 63.3 Å². The Morgan fingerprint density at radius 2 is 1.76 bits per heavy atom. The Kier molecular flexibility index (Phi) is 12.5. The summed E-state index contributed by atoms with van der Waals surface area (Å²) in [4.78, 5) is 11.5. The van der Waals surface area contributed by atoms with Crippen LogP contribution in [0.5, 0.6) is 0 Å². The second-order valence-electron chi connectivity index (χ2n) is 12.4. The predicted molar refractivity (Wildman–Crippen MR) is 194 cm³/mol. The summed E-state index contributed by atoms with van der Waals surface area (Å²) in [5, 5.41) is 7.94. The first-order valence-electron chi connectivity index (χ1n) is 16.7. The van der Waals surface area contributed by atoms with Crippen LogP contribution in [0.1, 0.15) is 61.8 Å². The Morgan fingerprint density at radius 3 is 2.50 bits per heavy atom. The second-order valence-corrected chi connectivity index (χ2v) is 13.3. The lowest BCUT2D eigenvalue weighted by molar-refractivity contribution is 0.117. The van der Waals surface area contributed by atoms with E-state index in [2.05, 4.69) is 83.0 Å². The molecule has 0 spiro atoms. The lowest BCUT2D eigenvalue weighted by Crippen LogP contribution is -2.46. The molecule has 4 N–H and O–H groups in total. The first-order valence-corrected chi connectivity index (χ1v) is 17.5. The Balaban J connectivity index is 1.35. The first-order chi connectivity index (χ1) is 22.4. The number of nitrogen functional groups attached to an aromatic ring is 1. The number of para-hydroxylation sites is 1. The number of aliphatic imine (C=N–C) groups is 1. The van der Waals surface area contributed by atoms with E-state index in [1.54, 1.807) is 24.6 Å². The van der Waals surface area contributed by atoms with Crippen LogP contribution in [0.4, 0.5) is 5.69 Å². The number of amidine groups is 1. The quantitative estimate of drug-likeness (QED) is 0.0883. The molecule has 244 valence electrons. The molecule has 7 nitrogen and oxygen atoms in total. The second kappa shape index (κ2) is 16.9. The van der Waals surface area contributed by atoms with Crippen LogP contribution in [0.15, 0.2) is 88.3 Å². The number of aryl methyl sites for hydroxylation is 1. The van der Waals surface area contributed by atoms with Crippen LogP contribution in [0, 0.1) is 5.41 Å². The summed E-state index contributed by atoms with van der Waals surface area (Å²) in [5.74, 6) is 0.0877. The molecule has 1 atom stereocenters. The number of benzene rings is 3. The molecule has 1 saturated carbocycles. The smallest absolute Gasteiger partial charge is 0.122 e. The summed E-state index contributed by atoms with van der Waals surface area (Å²) in [5.41, 5.74) is 15.4. The summed E-state index contributed by atoms with van der Waals surface area (Å²) in [6, 6.07) is 25.5. The average Bonchev–Trinajstić information content (AvgIpc) is 3.91. The maximum Gasteiger partial charge on any atom is 0.122 e. The Hall–Kier alpha value is -3.43. The van der Waals surface area contributed by atoms with Gasteiger partial charge < -0.3 is 15.4 Å². The van der Waals surface area contributed by atoms with Crippen molar-refractivity contribution in [3.63, 3.8) is 0 Å². The molecule has 1 aliphatic heterocycles. The molecule has 8 heteroatoms. The number of rotatable bonds is 16. The monoisotopic (exact) mass is 638 g/mol. The summed E-state index contributed by atoms with van der Waals surface area (Å²) in [6.07, 6.45) is 6.48. The van der Waals surface area contributed by atoms with Crippen LogP contribution >= 0.6 is 11.9 Å². The Bertz CT molecular complexity index is 1520. The van der Waals surface area contributed by atoms with Gasteiger partial charge in [0.05, 0.1) is 18.3 Å². The van der Waals surface area contributed by atoms with Gasteiger partial charge >= 0.3 is 0 Å². The van der Waals surface area contributed by atoms with E-state index in [4.69, 9.17) is 20.9 Å². The van der Waals surface area contributed by atoms with Gasteiger partial charge in [0, 0.05) is 61.7 Å². The molecule has 1 heterocycles. The van der Waals surface area contributed by atoms with Crippen molar-refractivity contribution in [3.8, 4) is 0 Å².